The maximum atomic E-state index is 5.49. The van der Waals surface area contributed by atoms with Crippen molar-refractivity contribution >= 4 is 11.5 Å². The number of aromatic nitrogens is 2. The predicted octanol–water partition coefficient (Wildman–Crippen LogP) is 2.78. The molecule has 0 bridgehead atoms. The van der Waals surface area contributed by atoms with Crippen molar-refractivity contribution in [3.05, 3.63) is 34.7 Å². The zero-order valence-electron chi connectivity index (χ0n) is 10.1. The smallest absolute Gasteiger partial charge is 0.126 e. The molecule has 0 aliphatic heterocycles. The van der Waals surface area contributed by atoms with Gasteiger partial charge in [-0.2, -0.15) is 0 Å². The second-order valence-corrected chi connectivity index (χ2v) is 4.63. The van der Waals surface area contributed by atoms with Gasteiger partial charge in [0.25, 0.3) is 0 Å². The summed E-state index contributed by atoms with van der Waals surface area (Å²) in [5.41, 5.74) is 1.08. The Morgan fingerprint density at radius 3 is 3.00 bits per heavy atom. The molecule has 2 aromatic heterocycles. The summed E-state index contributed by atoms with van der Waals surface area (Å²) in [5, 5.41) is 7.63. The second-order valence-electron chi connectivity index (χ2n) is 3.84. The molecule has 92 valence electrons. The zero-order chi connectivity index (χ0) is 12.1. The van der Waals surface area contributed by atoms with Gasteiger partial charge in [-0.1, -0.05) is 24.8 Å². The predicted molar refractivity (Wildman–Crippen MR) is 68.1 cm³/mol. The summed E-state index contributed by atoms with van der Waals surface area (Å²) in [7, 11) is 0. The van der Waals surface area contributed by atoms with E-state index in [2.05, 4.69) is 28.8 Å². The summed E-state index contributed by atoms with van der Waals surface area (Å²) in [6, 6.07) is 3.98. The van der Waals surface area contributed by atoms with Gasteiger partial charge < -0.3 is 9.73 Å². The molecule has 0 radical (unpaired) electrons. The highest BCUT2D eigenvalue weighted by atomic mass is 32.1. The molecular weight excluding hydrogens is 234 g/mol. The number of aryl methyl sites for hydroxylation is 1. The van der Waals surface area contributed by atoms with Crippen LogP contribution in [0.15, 0.2) is 22.8 Å². The lowest BCUT2D eigenvalue weighted by atomic mass is 10.1. The third kappa shape index (κ3) is 2.73. The van der Waals surface area contributed by atoms with Gasteiger partial charge in [-0.3, -0.25) is 0 Å². The molecule has 1 N–H and O–H groups in total. The fraction of sp³-hybridized carbons (Fsp3) is 0.500. The van der Waals surface area contributed by atoms with E-state index in [4.69, 9.17) is 4.42 Å². The van der Waals surface area contributed by atoms with E-state index in [-0.39, 0.29) is 6.04 Å². The van der Waals surface area contributed by atoms with Crippen LogP contribution in [0.2, 0.25) is 0 Å². The van der Waals surface area contributed by atoms with Crippen LogP contribution in [-0.2, 0) is 6.42 Å². The van der Waals surface area contributed by atoms with Gasteiger partial charge in [-0.25, -0.2) is 0 Å². The quantitative estimate of drug-likeness (QED) is 0.857. The minimum atomic E-state index is 0.0801. The molecule has 0 aromatic carbocycles. The maximum absolute atomic E-state index is 5.49. The van der Waals surface area contributed by atoms with Gasteiger partial charge in [0.15, 0.2) is 0 Å². The van der Waals surface area contributed by atoms with E-state index in [9.17, 15) is 0 Å². The van der Waals surface area contributed by atoms with Crippen LogP contribution < -0.4 is 5.32 Å². The zero-order valence-corrected chi connectivity index (χ0v) is 11.0. The van der Waals surface area contributed by atoms with Crippen molar-refractivity contribution in [3.63, 3.8) is 0 Å². The van der Waals surface area contributed by atoms with Gasteiger partial charge in [0, 0.05) is 0 Å². The summed E-state index contributed by atoms with van der Waals surface area (Å²) < 4.78 is 9.56. The molecule has 4 nitrogen and oxygen atoms in total. The third-order valence-electron chi connectivity index (χ3n) is 2.57. The van der Waals surface area contributed by atoms with E-state index < -0.39 is 0 Å². The van der Waals surface area contributed by atoms with E-state index >= 15 is 0 Å². The molecular formula is C12H17N3OS. The van der Waals surface area contributed by atoms with Crippen LogP contribution in [0.25, 0.3) is 0 Å². The Bertz CT molecular complexity index is 438. The molecule has 17 heavy (non-hydrogen) atoms. The first-order chi connectivity index (χ1) is 8.36. The monoisotopic (exact) mass is 251 g/mol. The summed E-state index contributed by atoms with van der Waals surface area (Å²) in [6.45, 7) is 5.12. The van der Waals surface area contributed by atoms with E-state index in [0.717, 1.165) is 30.8 Å². The number of nitrogens with zero attached hydrogens (tertiary/aromatic N) is 2. The molecule has 0 saturated carbocycles. The first-order valence-corrected chi connectivity index (χ1v) is 6.72. The van der Waals surface area contributed by atoms with Crippen molar-refractivity contribution in [1.29, 1.82) is 0 Å². The van der Waals surface area contributed by atoms with Crippen molar-refractivity contribution in [2.75, 3.05) is 6.54 Å². The lowest BCUT2D eigenvalue weighted by Gasteiger charge is -2.14. The average molecular weight is 251 g/mol. The topological polar surface area (TPSA) is 51.0 Å². The minimum Gasteiger partial charge on any atom is -0.467 e. The highest BCUT2D eigenvalue weighted by Crippen LogP contribution is 2.27. The van der Waals surface area contributed by atoms with Crippen molar-refractivity contribution in [3.8, 4) is 0 Å². The van der Waals surface area contributed by atoms with E-state index in [1.165, 1.54) is 16.4 Å². The fourth-order valence-corrected chi connectivity index (χ4v) is 2.61. The average Bonchev–Trinajstić information content (AvgIpc) is 2.97. The van der Waals surface area contributed by atoms with Crippen LogP contribution in [-0.4, -0.2) is 16.1 Å². The van der Waals surface area contributed by atoms with Crippen molar-refractivity contribution < 1.29 is 4.42 Å². The Hall–Kier alpha value is -1.20. The summed E-state index contributed by atoms with van der Waals surface area (Å²) in [6.07, 6.45) is 3.75. The molecule has 5 heteroatoms. The first kappa shape index (κ1) is 12.3. The molecule has 2 heterocycles. The largest absolute Gasteiger partial charge is 0.467 e. The summed E-state index contributed by atoms with van der Waals surface area (Å²) in [5.74, 6) is 0.926. The lowest BCUT2D eigenvalue weighted by Crippen LogP contribution is -2.21. The third-order valence-corrected chi connectivity index (χ3v) is 3.40. The molecule has 0 amide bonds. The normalized spacial score (nSPS) is 12.8. The Morgan fingerprint density at radius 1 is 1.47 bits per heavy atom. The summed E-state index contributed by atoms with van der Waals surface area (Å²) >= 11 is 1.45. The molecule has 0 spiro atoms. The van der Waals surface area contributed by atoms with E-state index in [1.807, 2.05) is 12.1 Å². The molecule has 0 aliphatic carbocycles. The van der Waals surface area contributed by atoms with Crippen LogP contribution in [0.1, 0.15) is 42.6 Å². The standard InChI is InChI=1S/C12H17N3OS/c1-3-6-9-12(17-15-14-9)11(13-4-2)10-7-5-8-16-10/h5,7-8,11,13H,3-4,6H2,1-2H3. The van der Waals surface area contributed by atoms with Gasteiger partial charge in [0.2, 0.25) is 0 Å². The number of rotatable bonds is 6. The first-order valence-electron chi connectivity index (χ1n) is 5.94. The molecule has 1 unspecified atom stereocenters. The van der Waals surface area contributed by atoms with Crippen LogP contribution >= 0.6 is 11.5 Å². The Morgan fingerprint density at radius 2 is 2.35 bits per heavy atom. The Balaban J connectivity index is 2.29. The lowest BCUT2D eigenvalue weighted by molar-refractivity contribution is 0.453. The SMILES string of the molecule is CCCc1nnsc1C(NCC)c1ccco1. The van der Waals surface area contributed by atoms with Gasteiger partial charge in [0.05, 0.1) is 16.8 Å². The highest BCUT2D eigenvalue weighted by molar-refractivity contribution is 7.05. The Kier molecular flexibility index (Phi) is 4.28. The number of nitrogens with one attached hydrogen (secondary N) is 1. The molecule has 1 atom stereocenters. The molecule has 2 rings (SSSR count). The minimum absolute atomic E-state index is 0.0801. The fourth-order valence-electron chi connectivity index (χ4n) is 1.83. The Labute approximate surface area is 105 Å². The number of hydrogen-bond donors (Lipinski definition) is 1. The van der Waals surface area contributed by atoms with Gasteiger partial charge in [0.1, 0.15) is 11.8 Å². The van der Waals surface area contributed by atoms with E-state index in [1.54, 1.807) is 6.26 Å². The molecule has 0 fully saturated rings. The van der Waals surface area contributed by atoms with Crippen molar-refractivity contribution in [2.24, 2.45) is 0 Å². The molecule has 2 aromatic rings. The van der Waals surface area contributed by atoms with Gasteiger partial charge in [-0.05, 0) is 36.6 Å². The van der Waals surface area contributed by atoms with Crippen LogP contribution in [0.4, 0.5) is 0 Å². The van der Waals surface area contributed by atoms with Crippen LogP contribution in [0, 0.1) is 0 Å². The number of furan rings is 1. The molecule has 0 saturated heterocycles. The molecule has 0 aliphatic rings. The van der Waals surface area contributed by atoms with Gasteiger partial charge in [-0.15, -0.1) is 5.10 Å². The summed E-state index contributed by atoms with van der Waals surface area (Å²) in [4.78, 5) is 1.17. The second kappa shape index (κ2) is 5.93. The maximum Gasteiger partial charge on any atom is 0.126 e. The van der Waals surface area contributed by atoms with Crippen LogP contribution in [0.5, 0.6) is 0 Å². The number of hydrogen-bond acceptors (Lipinski definition) is 5. The van der Waals surface area contributed by atoms with E-state index in [0.29, 0.717) is 0 Å². The van der Waals surface area contributed by atoms with Crippen molar-refractivity contribution in [2.45, 2.75) is 32.7 Å². The van der Waals surface area contributed by atoms with Gasteiger partial charge >= 0.3 is 0 Å². The highest BCUT2D eigenvalue weighted by Gasteiger charge is 2.21. The van der Waals surface area contributed by atoms with Crippen molar-refractivity contribution in [1.82, 2.24) is 14.9 Å². The van der Waals surface area contributed by atoms with Crippen LogP contribution in [0.3, 0.4) is 0 Å².